The van der Waals surface area contributed by atoms with Crippen molar-refractivity contribution in [1.82, 2.24) is 10.2 Å². The van der Waals surface area contributed by atoms with Crippen molar-refractivity contribution < 1.29 is 24.2 Å². The van der Waals surface area contributed by atoms with Gasteiger partial charge in [0.1, 0.15) is 18.2 Å². The average molecular weight is 463 g/mol. The Morgan fingerprint density at radius 2 is 1.59 bits per heavy atom. The average Bonchev–Trinajstić information content (AvgIpc) is 3.51. The van der Waals surface area contributed by atoms with E-state index in [0.29, 0.717) is 19.4 Å². The van der Waals surface area contributed by atoms with Crippen LogP contribution in [0.4, 0.5) is 4.79 Å². The number of carboxylic acid groups (broad SMARTS) is 1. The van der Waals surface area contributed by atoms with Gasteiger partial charge in [-0.05, 0) is 53.4 Å². The Morgan fingerprint density at radius 1 is 1.00 bits per heavy atom. The maximum atomic E-state index is 13.4. The molecule has 1 unspecified atom stereocenters. The molecule has 2 aliphatic carbocycles. The third-order valence-corrected chi connectivity index (χ3v) is 7.61. The quantitative estimate of drug-likeness (QED) is 0.696. The van der Waals surface area contributed by atoms with E-state index in [0.717, 1.165) is 35.1 Å². The maximum Gasteiger partial charge on any atom is 0.408 e. The van der Waals surface area contributed by atoms with Gasteiger partial charge in [0, 0.05) is 12.5 Å². The second-order valence-electron chi connectivity index (χ2n) is 10.4. The molecule has 178 valence electrons. The van der Waals surface area contributed by atoms with E-state index in [1.165, 1.54) is 4.90 Å². The number of piperidine rings is 1. The standard InChI is InChI=1S/C27H30N2O5/c1-26(2)12-7-15-29(22(26)23(30)31)24(32)27(13-14-27)28-25(33)34-16-21-19-10-5-3-8-17(19)18-9-4-6-11-20(18)21/h3-6,8-11,21-22H,7,12-16H2,1-2H3,(H,28,33)(H,30,31). The Balaban J connectivity index is 1.27. The van der Waals surface area contributed by atoms with Gasteiger partial charge >= 0.3 is 12.1 Å². The third-order valence-electron chi connectivity index (χ3n) is 7.61. The molecule has 1 heterocycles. The molecular formula is C27H30N2O5. The number of nitrogens with one attached hydrogen (secondary N) is 1. The van der Waals surface area contributed by atoms with Crippen LogP contribution in [-0.4, -0.2) is 52.7 Å². The van der Waals surface area contributed by atoms with Crippen LogP contribution in [0.1, 0.15) is 56.6 Å². The number of likely N-dealkylation sites (tertiary alicyclic amines) is 1. The number of benzene rings is 2. The summed E-state index contributed by atoms with van der Waals surface area (Å²) < 4.78 is 5.63. The number of carboxylic acids is 1. The van der Waals surface area contributed by atoms with Gasteiger partial charge in [0.05, 0.1) is 0 Å². The minimum atomic E-state index is -1.07. The molecule has 7 nitrogen and oxygen atoms in total. The van der Waals surface area contributed by atoms with E-state index < -0.39 is 29.1 Å². The van der Waals surface area contributed by atoms with E-state index in [1.54, 1.807) is 0 Å². The fourth-order valence-electron chi connectivity index (χ4n) is 5.70. The largest absolute Gasteiger partial charge is 0.480 e. The first kappa shape index (κ1) is 22.4. The molecule has 0 radical (unpaired) electrons. The summed E-state index contributed by atoms with van der Waals surface area (Å²) in [5.41, 5.74) is 2.94. The summed E-state index contributed by atoms with van der Waals surface area (Å²) in [6.07, 6.45) is 1.80. The van der Waals surface area contributed by atoms with E-state index in [4.69, 9.17) is 4.74 Å². The highest BCUT2D eigenvalue weighted by Gasteiger charge is 2.57. The monoisotopic (exact) mass is 462 g/mol. The van der Waals surface area contributed by atoms with Crippen LogP contribution < -0.4 is 5.32 Å². The number of aliphatic carboxylic acids is 1. The highest BCUT2D eigenvalue weighted by molar-refractivity contribution is 5.95. The van der Waals surface area contributed by atoms with Crippen LogP contribution >= 0.6 is 0 Å². The number of carbonyl (C=O) groups is 3. The van der Waals surface area contributed by atoms with Gasteiger partial charge in [0.25, 0.3) is 0 Å². The van der Waals surface area contributed by atoms with Crippen LogP contribution in [0.25, 0.3) is 11.1 Å². The number of amides is 2. The lowest BCUT2D eigenvalue weighted by Gasteiger charge is -2.45. The van der Waals surface area contributed by atoms with Gasteiger partial charge in [-0.3, -0.25) is 4.79 Å². The molecule has 5 rings (SSSR count). The van der Waals surface area contributed by atoms with E-state index in [-0.39, 0.29) is 18.4 Å². The first-order chi connectivity index (χ1) is 16.2. The number of ether oxygens (including phenoxy) is 1. The molecule has 0 spiro atoms. The predicted octanol–water partition coefficient (Wildman–Crippen LogP) is 4.16. The molecule has 1 aliphatic heterocycles. The zero-order valence-electron chi connectivity index (χ0n) is 19.5. The van der Waals surface area contributed by atoms with Crippen molar-refractivity contribution in [1.29, 1.82) is 0 Å². The molecule has 2 N–H and O–H groups in total. The third kappa shape index (κ3) is 3.73. The van der Waals surface area contributed by atoms with Crippen LogP contribution in [0.5, 0.6) is 0 Å². The van der Waals surface area contributed by atoms with Gasteiger partial charge in [-0.1, -0.05) is 62.4 Å². The lowest BCUT2D eigenvalue weighted by molar-refractivity contribution is -0.160. The highest BCUT2D eigenvalue weighted by atomic mass is 16.5. The van der Waals surface area contributed by atoms with Crippen LogP contribution in [0, 0.1) is 5.41 Å². The Hall–Kier alpha value is -3.35. The van der Waals surface area contributed by atoms with Gasteiger partial charge in [-0.15, -0.1) is 0 Å². The van der Waals surface area contributed by atoms with Gasteiger partial charge in [0.2, 0.25) is 5.91 Å². The number of hydrogen-bond acceptors (Lipinski definition) is 4. The Bertz CT molecular complexity index is 1110. The summed E-state index contributed by atoms with van der Waals surface area (Å²) in [7, 11) is 0. The van der Waals surface area contributed by atoms with Crippen LogP contribution in [0.15, 0.2) is 48.5 Å². The molecular weight excluding hydrogens is 432 g/mol. The molecule has 0 bridgehead atoms. The van der Waals surface area contributed by atoms with Gasteiger partial charge < -0.3 is 20.1 Å². The van der Waals surface area contributed by atoms with Gasteiger partial charge in [-0.25, -0.2) is 9.59 Å². The molecule has 7 heteroatoms. The lowest BCUT2D eigenvalue weighted by Crippen LogP contribution is -2.61. The molecule has 1 saturated carbocycles. The normalized spacial score (nSPS) is 21.8. The Morgan fingerprint density at radius 3 is 2.15 bits per heavy atom. The van der Waals surface area contributed by atoms with E-state index in [2.05, 4.69) is 29.6 Å². The van der Waals surface area contributed by atoms with Crippen molar-refractivity contribution >= 4 is 18.0 Å². The van der Waals surface area contributed by atoms with Crippen molar-refractivity contribution in [3.05, 3.63) is 59.7 Å². The Labute approximate surface area is 199 Å². The van der Waals surface area contributed by atoms with Crippen LogP contribution in [0.3, 0.4) is 0 Å². The number of nitrogens with zero attached hydrogens (tertiary/aromatic N) is 1. The van der Waals surface area contributed by atoms with Crippen LogP contribution in [-0.2, 0) is 14.3 Å². The molecule has 1 atom stereocenters. The first-order valence-corrected chi connectivity index (χ1v) is 11.9. The summed E-state index contributed by atoms with van der Waals surface area (Å²) >= 11 is 0. The predicted molar refractivity (Wildman–Crippen MR) is 126 cm³/mol. The smallest absolute Gasteiger partial charge is 0.408 e. The molecule has 3 aliphatic rings. The zero-order valence-corrected chi connectivity index (χ0v) is 19.5. The lowest BCUT2D eigenvalue weighted by atomic mass is 9.76. The zero-order chi connectivity index (χ0) is 24.1. The topological polar surface area (TPSA) is 95.9 Å². The summed E-state index contributed by atoms with van der Waals surface area (Å²) in [6, 6.07) is 15.3. The molecule has 0 aromatic heterocycles. The summed E-state index contributed by atoms with van der Waals surface area (Å²) in [5.74, 6) is -1.39. The highest BCUT2D eigenvalue weighted by Crippen LogP contribution is 2.45. The number of rotatable bonds is 5. The molecule has 2 fully saturated rings. The number of hydrogen-bond donors (Lipinski definition) is 2. The Kier molecular flexibility index (Phi) is 5.38. The van der Waals surface area contributed by atoms with E-state index >= 15 is 0 Å². The molecule has 2 aromatic carbocycles. The van der Waals surface area contributed by atoms with Crippen molar-refractivity contribution in [2.24, 2.45) is 5.41 Å². The minimum absolute atomic E-state index is 0.0664. The van der Waals surface area contributed by atoms with Crippen molar-refractivity contribution in [3.8, 4) is 11.1 Å². The molecule has 34 heavy (non-hydrogen) atoms. The van der Waals surface area contributed by atoms with Gasteiger partial charge in [-0.2, -0.15) is 0 Å². The maximum absolute atomic E-state index is 13.4. The van der Waals surface area contributed by atoms with Gasteiger partial charge in [0.15, 0.2) is 0 Å². The number of alkyl carbamates (subject to hydrolysis) is 1. The summed E-state index contributed by atoms with van der Waals surface area (Å²) in [4.78, 5) is 39.6. The summed E-state index contributed by atoms with van der Waals surface area (Å²) in [6.45, 7) is 4.31. The second kappa shape index (κ2) is 8.15. The van der Waals surface area contributed by atoms with Crippen molar-refractivity contribution in [3.63, 3.8) is 0 Å². The minimum Gasteiger partial charge on any atom is -0.480 e. The van der Waals surface area contributed by atoms with E-state index in [1.807, 2.05) is 38.1 Å². The molecule has 2 amide bonds. The number of carbonyl (C=O) groups excluding carboxylic acids is 2. The number of fused-ring (bicyclic) bond motifs is 3. The first-order valence-electron chi connectivity index (χ1n) is 11.9. The molecule has 1 saturated heterocycles. The van der Waals surface area contributed by atoms with Crippen molar-refractivity contribution in [2.75, 3.05) is 13.2 Å². The molecule has 2 aromatic rings. The summed E-state index contributed by atoms with van der Waals surface area (Å²) in [5, 5.41) is 12.6. The second-order valence-corrected chi connectivity index (χ2v) is 10.4. The van der Waals surface area contributed by atoms with E-state index in [9.17, 15) is 19.5 Å². The SMILES string of the molecule is CC1(C)CCCN(C(=O)C2(NC(=O)OCC3c4ccccc4-c4ccccc43)CC2)C1C(=O)O. The van der Waals surface area contributed by atoms with Crippen LogP contribution in [0.2, 0.25) is 0 Å². The fraction of sp³-hybridized carbons (Fsp3) is 0.444. The van der Waals surface area contributed by atoms with Crippen molar-refractivity contribution in [2.45, 2.75) is 57.0 Å². The fourth-order valence-corrected chi connectivity index (χ4v) is 5.70.